The van der Waals surface area contributed by atoms with Crippen LogP contribution in [0.15, 0.2) is 12.3 Å². The molecule has 1 N–H and O–H groups in total. The number of nitrogens with one attached hydrogen (secondary N) is 1. The van der Waals surface area contributed by atoms with Gasteiger partial charge in [0.2, 0.25) is 0 Å². The van der Waals surface area contributed by atoms with Gasteiger partial charge in [-0.25, -0.2) is 0 Å². The van der Waals surface area contributed by atoms with Gasteiger partial charge in [-0.2, -0.15) is 0 Å². The molecule has 16 heavy (non-hydrogen) atoms. The van der Waals surface area contributed by atoms with Crippen LogP contribution in [0.1, 0.15) is 24.1 Å². The fourth-order valence-electron chi connectivity index (χ4n) is 2.20. The van der Waals surface area contributed by atoms with E-state index in [1.165, 1.54) is 5.56 Å². The van der Waals surface area contributed by atoms with Crippen molar-refractivity contribution in [1.29, 1.82) is 0 Å². The summed E-state index contributed by atoms with van der Waals surface area (Å²) in [7, 11) is 0. The van der Waals surface area contributed by atoms with E-state index in [0.29, 0.717) is 19.3 Å². The highest BCUT2D eigenvalue weighted by atomic mass is 16.5. The molecule has 0 aliphatic carbocycles. The van der Waals surface area contributed by atoms with Gasteiger partial charge in [0, 0.05) is 5.56 Å². The first-order valence-corrected chi connectivity index (χ1v) is 5.85. The van der Waals surface area contributed by atoms with Crippen molar-refractivity contribution < 1.29 is 9.47 Å². The van der Waals surface area contributed by atoms with Gasteiger partial charge in [-0.1, -0.05) is 0 Å². The number of pyridine rings is 1. The smallest absolute Gasteiger partial charge is 0.138 e. The molecule has 4 nitrogen and oxygen atoms in total. The number of ether oxygens (including phenoxy) is 2. The van der Waals surface area contributed by atoms with E-state index in [1.54, 1.807) is 0 Å². The standard InChI is InChI=1S/C12H16N2O2/c1-3-13-4-2-10(1)16-11-5-9-7-15-8-12(9)14-6-11/h5-6,10,13H,1-4,7-8H2. The molecule has 0 spiro atoms. The molecule has 1 saturated heterocycles. The van der Waals surface area contributed by atoms with Crippen LogP contribution < -0.4 is 10.1 Å². The van der Waals surface area contributed by atoms with Crippen molar-refractivity contribution in [3.8, 4) is 5.75 Å². The van der Waals surface area contributed by atoms with Crippen LogP contribution in [0.2, 0.25) is 0 Å². The van der Waals surface area contributed by atoms with E-state index < -0.39 is 0 Å². The van der Waals surface area contributed by atoms with E-state index in [1.807, 2.05) is 6.20 Å². The van der Waals surface area contributed by atoms with E-state index in [-0.39, 0.29) is 0 Å². The van der Waals surface area contributed by atoms with Crippen LogP contribution in [0.3, 0.4) is 0 Å². The molecule has 1 aromatic heterocycles. The lowest BCUT2D eigenvalue weighted by Gasteiger charge is -2.23. The maximum Gasteiger partial charge on any atom is 0.138 e. The molecular weight excluding hydrogens is 204 g/mol. The van der Waals surface area contributed by atoms with Crippen molar-refractivity contribution in [2.75, 3.05) is 13.1 Å². The van der Waals surface area contributed by atoms with E-state index in [0.717, 1.165) is 37.4 Å². The van der Waals surface area contributed by atoms with Crippen molar-refractivity contribution in [3.05, 3.63) is 23.5 Å². The SMILES string of the molecule is c1nc2c(cc1OC1CCNCC1)COC2. The fraction of sp³-hybridized carbons (Fsp3) is 0.583. The Hall–Kier alpha value is -1.13. The highest BCUT2D eigenvalue weighted by molar-refractivity contribution is 5.30. The Morgan fingerprint density at radius 3 is 3.06 bits per heavy atom. The average Bonchev–Trinajstić information content (AvgIpc) is 2.77. The Morgan fingerprint density at radius 2 is 2.19 bits per heavy atom. The van der Waals surface area contributed by atoms with Crippen LogP contribution in [-0.2, 0) is 18.0 Å². The van der Waals surface area contributed by atoms with E-state index in [4.69, 9.17) is 9.47 Å². The van der Waals surface area contributed by atoms with Crippen LogP contribution in [0, 0.1) is 0 Å². The first kappa shape index (κ1) is 10.1. The summed E-state index contributed by atoms with van der Waals surface area (Å²) in [6, 6.07) is 2.07. The third-order valence-electron chi connectivity index (χ3n) is 3.12. The monoisotopic (exact) mass is 220 g/mol. The van der Waals surface area contributed by atoms with E-state index in [9.17, 15) is 0 Å². The molecule has 0 saturated carbocycles. The van der Waals surface area contributed by atoms with Crippen LogP contribution in [0.5, 0.6) is 5.75 Å². The Labute approximate surface area is 95.0 Å². The topological polar surface area (TPSA) is 43.4 Å². The Kier molecular flexibility index (Phi) is 2.76. The van der Waals surface area contributed by atoms with Crippen molar-refractivity contribution in [3.63, 3.8) is 0 Å². The molecule has 2 aliphatic heterocycles. The van der Waals surface area contributed by atoms with E-state index in [2.05, 4.69) is 16.4 Å². The normalized spacial score (nSPS) is 20.8. The predicted octanol–water partition coefficient (Wildman–Crippen LogP) is 1.24. The van der Waals surface area contributed by atoms with Gasteiger partial charge in [0.15, 0.2) is 0 Å². The molecule has 4 heteroatoms. The maximum atomic E-state index is 5.92. The second-order valence-electron chi connectivity index (χ2n) is 4.34. The van der Waals surface area contributed by atoms with Crippen molar-refractivity contribution >= 4 is 0 Å². The van der Waals surface area contributed by atoms with Crippen LogP contribution in [0.25, 0.3) is 0 Å². The molecule has 2 aliphatic rings. The summed E-state index contributed by atoms with van der Waals surface area (Å²) >= 11 is 0. The molecule has 3 heterocycles. The largest absolute Gasteiger partial charge is 0.489 e. The molecule has 0 aromatic carbocycles. The van der Waals surface area contributed by atoms with Crippen molar-refractivity contribution in [2.24, 2.45) is 0 Å². The molecule has 0 unspecified atom stereocenters. The lowest BCUT2D eigenvalue weighted by molar-refractivity contribution is 0.133. The first-order chi connectivity index (χ1) is 7.92. The Balaban J connectivity index is 1.69. The van der Waals surface area contributed by atoms with Crippen LogP contribution >= 0.6 is 0 Å². The van der Waals surface area contributed by atoms with Gasteiger partial charge in [0.25, 0.3) is 0 Å². The fourth-order valence-corrected chi connectivity index (χ4v) is 2.20. The minimum absolute atomic E-state index is 0.337. The third kappa shape index (κ3) is 2.03. The molecule has 0 bridgehead atoms. The summed E-state index contributed by atoms with van der Waals surface area (Å²) in [5.74, 6) is 0.885. The second-order valence-corrected chi connectivity index (χ2v) is 4.34. The minimum Gasteiger partial charge on any atom is -0.489 e. The van der Waals surface area contributed by atoms with Gasteiger partial charge in [0.05, 0.1) is 25.1 Å². The molecule has 0 amide bonds. The molecule has 86 valence electrons. The predicted molar refractivity (Wildman–Crippen MR) is 59.2 cm³/mol. The van der Waals surface area contributed by atoms with Gasteiger partial charge in [-0.05, 0) is 32.0 Å². The molecule has 1 aromatic rings. The summed E-state index contributed by atoms with van der Waals surface area (Å²) in [6.45, 7) is 3.41. The Morgan fingerprint density at radius 1 is 1.31 bits per heavy atom. The molecule has 0 atom stereocenters. The van der Waals surface area contributed by atoms with Crippen molar-refractivity contribution in [1.82, 2.24) is 10.3 Å². The number of aromatic nitrogens is 1. The minimum atomic E-state index is 0.337. The number of hydrogen-bond donors (Lipinski definition) is 1. The van der Waals surface area contributed by atoms with Gasteiger partial charge < -0.3 is 14.8 Å². The average molecular weight is 220 g/mol. The van der Waals surface area contributed by atoms with Gasteiger partial charge >= 0.3 is 0 Å². The lowest BCUT2D eigenvalue weighted by Crippen LogP contribution is -2.34. The van der Waals surface area contributed by atoms with Gasteiger partial charge in [-0.3, -0.25) is 4.98 Å². The first-order valence-electron chi connectivity index (χ1n) is 5.85. The summed E-state index contributed by atoms with van der Waals surface area (Å²) in [5, 5.41) is 3.33. The number of fused-ring (bicyclic) bond motifs is 1. The number of piperidine rings is 1. The summed E-state index contributed by atoms with van der Waals surface area (Å²) < 4.78 is 11.3. The number of hydrogen-bond acceptors (Lipinski definition) is 4. The van der Waals surface area contributed by atoms with E-state index >= 15 is 0 Å². The lowest BCUT2D eigenvalue weighted by atomic mass is 10.1. The van der Waals surface area contributed by atoms with Crippen molar-refractivity contribution in [2.45, 2.75) is 32.2 Å². The summed E-state index contributed by atoms with van der Waals surface area (Å²) in [5.41, 5.74) is 2.23. The zero-order chi connectivity index (χ0) is 10.8. The van der Waals surface area contributed by atoms with Crippen LogP contribution in [0.4, 0.5) is 0 Å². The molecule has 0 radical (unpaired) electrons. The molecule has 1 fully saturated rings. The molecular formula is C12H16N2O2. The summed E-state index contributed by atoms with van der Waals surface area (Å²) in [4.78, 5) is 4.36. The van der Waals surface area contributed by atoms with Gasteiger partial charge in [0.1, 0.15) is 11.9 Å². The zero-order valence-corrected chi connectivity index (χ0v) is 9.24. The zero-order valence-electron chi connectivity index (χ0n) is 9.24. The number of nitrogens with zero attached hydrogens (tertiary/aromatic N) is 1. The highest BCUT2D eigenvalue weighted by Gasteiger charge is 2.17. The molecule has 3 rings (SSSR count). The second kappa shape index (κ2) is 4.39. The highest BCUT2D eigenvalue weighted by Crippen LogP contribution is 2.23. The third-order valence-corrected chi connectivity index (χ3v) is 3.12. The van der Waals surface area contributed by atoms with Crippen LogP contribution in [-0.4, -0.2) is 24.2 Å². The number of rotatable bonds is 2. The van der Waals surface area contributed by atoms with Gasteiger partial charge in [-0.15, -0.1) is 0 Å². The Bertz CT molecular complexity index is 375. The summed E-state index contributed by atoms with van der Waals surface area (Å²) in [6.07, 6.45) is 4.31. The quantitative estimate of drug-likeness (QED) is 0.814. The maximum absolute atomic E-state index is 5.92.